The van der Waals surface area contributed by atoms with Gasteiger partial charge in [-0.05, 0) is 19.3 Å². The van der Waals surface area contributed by atoms with Gasteiger partial charge in [0.1, 0.15) is 0 Å². The molecule has 0 atom stereocenters. The zero-order valence-electron chi connectivity index (χ0n) is 14.0. The van der Waals surface area contributed by atoms with Gasteiger partial charge in [0.15, 0.2) is 0 Å². The van der Waals surface area contributed by atoms with Gasteiger partial charge in [0.25, 0.3) is 0 Å². The quantitative estimate of drug-likeness (QED) is 0.530. The Morgan fingerprint density at radius 2 is 1.38 bits per heavy atom. The molecule has 0 aromatic rings. The van der Waals surface area contributed by atoms with E-state index in [1.807, 2.05) is 5.01 Å². The minimum atomic E-state index is -0.0344. The molecule has 21 heavy (non-hydrogen) atoms. The monoisotopic (exact) mass is 297 g/mol. The van der Waals surface area contributed by atoms with Crippen molar-refractivity contribution in [2.75, 3.05) is 19.6 Å². The van der Waals surface area contributed by atoms with E-state index in [4.69, 9.17) is 0 Å². The van der Waals surface area contributed by atoms with E-state index in [1.54, 1.807) is 0 Å². The third-order valence-corrected chi connectivity index (χ3v) is 4.18. The van der Waals surface area contributed by atoms with Crippen LogP contribution in [-0.2, 0) is 0 Å². The fraction of sp³-hybridized carbons (Fsp3) is 0.941. The molecule has 0 radical (unpaired) electrons. The van der Waals surface area contributed by atoms with E-state index in [0.717, 1.165) is 26.1 Å². The number of carbonyl (C=O) groups is 1. The Balaban J connectivity index is 1.76. The lowest BCUT2D eigenvalue weighted by atomic mass is 10.1. The third-order valence-electron chi connectivity index (χ3n) is 4.18. The van der Waals surface area contributed by atoms with Crippen molar-refractivity contribution in [1.82, 2.24) is 15.8 Å². The van der Waals surface area contributed by atoms with Gasteiger partial charge in [0.2, 0.25) is 0 Å². The summed E-state index contributed by atoms with van der Waals surface area (Å²) in [6.45, 7) is 5.05. The van der Waals surface area contributed by atoms with Crippen molar-refractivity contribution in [3.8, 4) is 0 Å². The molecule has 2 N–H and O–H groups in total. The molecule has 4 heteroatoms. The maximum Gasteiger partial charge on any atom is 0.329 e. The van der Waals surface area contributed by atoms with Crippen LogP contribution < -0.4 is 10.7 Å². The number of carbonyl (C=O) groups excluding carboxylic acids is 1. The van der Waals surface area contributed by atoms with Crippen LogP contribution in [0.15, 0.2) is 0 Å². The average molecular weight is 297 g/mol. The molecule has 0 aromatic heterocycles. The highest BCUT2D eigenvalue weighted by molar-refractivity contribution is 5.73. The van der Waals surface area contributed by atoms with E-state index < -0.39 is 0 Å². The Hall–Kier alpha value is -0.770. The Bertz CT molecular complexity index is 252. The van der Waals surface area contributed by atoms with Crippen LogP contribution in [0.25, 0.3) is 0 Å². The third kappa shape index (κ3) is 10.6. The van der Waals surface area contributed by atoms with E-state index in [1.165, 1.54) is 70.6 Å². The molecule has 124 valence electrons. The van der Waals surface area contributed by atoms with E-state index in [0.29, 0.717) is 0 Å². The summed E-state index contributed by atoms with van der Waals surface area (Å²) >= 11 is 0. The number of hydrogen-bond donors (Lipinski definition) is 2. The number of amides is 2. The molecule has 2 amide bonds. The van der Waals surface area contributed by atoms with Crippen LogP contribution >= 0.6 is 0 Å². The molecular weight excluding hydrogens is 262 g/mol. The largest absolute Gasteiger partial charge is 0.337 e. The lowest BCUT2D eigenvalue weighted by Crippen LogP contribution is -2.46. The fourth-order valence-electron chi connectivity index (χ4n) is 2.83. The molecule has 1 fully saturated rings. The Morgan fingerprint density at radius 1 is 0.857 bits per heavy atom. The molecule has 0 bridgehead atoms. The highest BCUT2D eigenvalue weighted by Crippen LogP contribution is 2.10. The fourth-order valence-corrected chi connectivity index (χ4v) is 2.83. The van der Waals surface area contributed by atoms with E-state index in [-0.39, 0.29) is 6.03 Å². The Kier molecular flexibility index (Phi) is 11.3. The van der Waals surface area contributed by atoms with Gasteiger partial charge >= 0.3 is 6.03 Å². The van der Waals surface area contributed by atoms with Crippen molar-refractivity contribution in [2.45, 2.75) is 84.0 Å². The van der Waals surface area contributed by atoms with Crippen molar-refractivity contribution < 1.29 is 4.79 Å². The van der Waals surface area contributed by atoms with Crippen molar-refractivity contribution >= 4 is 6.03 Å². The molecule has 0 aromatic carbocycles. The summed E-state index contributed by atoms with van der Waals surface area (Å²) in [5.74, 6) is 0. The SMILES string of the molecule is CCCCCCCCCCCCNC(=O)NN1CCCC1. The average Bonchev–Trinajstić information content (AvgIpc) is 2.97. The molecule has 4 nitrogen and oxygen atoms in total. The summed E-state index contributed by atoms with van der Waals surface area (Å²) in [5.41, 5.74) is 2.90. The number of unbranched alkanes of at least 4 members (excludes halogenated alkanes) is 9. The molecule has 1 aliphatic rings. The van der Waals surface area contributed by atoms with E-state index >= 15 is 0 Å². The Morgan fingerprint density at radius 3 is 1.95 bits per heavy atom. The first-order valence-corrected chi connectivity index (χ1v) is 9.12. The topological polar surface area (TPSA) is 44.4 Å². The van der Waals surface area contributed by atoms with Crippen LogP contribution in [0.5, 0.6) is 0 Å². The van der Waals surface area contributed by atoms with Crippen LogP contribution in [0.1, 0.15) is 84.0 Å². The number of nitrogens with one attached hydrogen (secondary N) is 2. The summed E-state index contributed by atoms with van der Waals surface area (Å²) in [4.78, 5) is 11.6. The number of hydrogen-bond acceptors (Lipinski definition) is 2. The molecule has 0 saturated carbocycles. The van der Waals surface area contributed by atoms with Crippen molar-refractivity contribution in [3.05, 3.63) is 0 Å². The van der Waals surface area contributed by atoms with Crippen molar-refractivity contribution in [1.29, 1.82) is 0 Å². The van der Waals surface area contributed by atoms with E-state index in [2.05, 4.69) is 17.7 Å². The van der Waals surface area contributed by atoms with Gasteiger partial charge in [-0.1, -0.05) is 64.7 Å². The normalized spacial score (nSPS) is 15.3. The molecule has 1 saturated heterocycles. The summed E-state index contributed by atoms with van der Waals surface area (Å²) in [6.07, 6.45) is 15.7. The standard InChI is InChI=1S/C17H35N3O/c1-2-3-4-5-6-7-8-9-10-11-14-18-17(21)19-20-15-12-13-16-20/h2-16H2,1H3,(H2,18,19,21). The maximum atomic E-state index is 11.6. The Labute approximate surface area is 131 Å². The second-order valence-corrected chi connectivity index (χ2v) is 6.24. The highest BCUT2D eigenvalue weighted by Gasteiger charge is 2.13. The zero-order valence-corrected chi connectivity index (χ0v) is 14.0. The molecule has 0 aliphatic carbocycles. The minimum Gasteiger partial charge on any atom is -0.337 e. The number of urea groups is 1. The van der Waals surface area contributed by atoms with Gasteiger partial charge in [-0.15, -0.1) is 0 Å². The summed E-state index contributed by atoms with van der Waals surface area (Å²) < 4.78 is 0. The maximum absolute atomic E-state index is 11.6. The first-order chi connectivity index (χ1) is 10.3. The second-order valence-electron chi connectivity index (χ2n) is 6.24. The smallest absolute Gasteiger partial charge is 0.329 e. The predicted molar refractivity (Wildman–Crippen MR) is 89.2 cm³/mol. The van der Waals surface area contributed by atoms with Gasteiger partial charge in [0, 0.05) is 19.6 Å². The predicted octanol–water partition coefficient (Wildman–Crippen LogP) is 4.22. The van der Waals surface area contributed by atoms with E-state index in [9.17, 15) is 4.79 Å². The van der Waals surface area contributed by atoms with Crippen LogP contribution in [0.2, 0.25) is 0 Å². The molecular formula is C17H35N3O. The molecule has 0 spiro atoms. The molecule has 0 unspecified atom stereocenters. The zero-order chi connectivity index (χ0) is 15.2. The highest BCUT2D eigenvalue weighted by atomic mass is 16.2. The lowest BCUT2D eigenvalue weighted by molar-refractivity contribution is 0.197. The van der Waals surface area contributed by atoms with Crippen molar-refractivity contribution in [2.24, 2.45) is 0 Å². The lowest BCUT2D eigenvalue weighted by Gasteiger charge is -2.16. The summed E-state index contributed by atoms with van der Waals surface area (Å²) in [7, 11) is 0. The second kappa shape index (κ2) is 12.9. The summed E-state index contributed by atoms with van der Waals surface area (Å²) in [5, 5.41) is 4.95. The van der Waals surface area contributed by atoms with Gasteiger partial charge in [-0.2, -0.15) is 0 Å². The number of nitrogens with zero attached hydrogens (tertiary/aromatic N) is 1. The van der Waals surface area contributed by atoms with Crippen LogP contribution in [0.4, 0.5) is 4.79 Å². The van der Waals surface area contributed by atoms with Gasteiger partial charge in [-0.3, -0.25) is 5.43 Å². The van der Waals surface area contributed by atoms with Gasteiger partial charge in [0.05, 0.1) is 0 Å². The van der Waals surface area contributed by atoms with Crippen LogP contribution in [0.3, 0.4) is 0 Å². The van der Waals surface area contributed by atoms with Crippen LogP contribution in [-0.4, -0.2) is 30.7 Å². The first-order valence-electron chi connectivity index (χ1n) is 9.12. The molecule has 1 rings (SSSR count). The number of hydrazine groups is 1. The summed E-state index contributed by atoms with van der Waals surface area (Å²) in [6, 6.07) is -0.0344. The van der Waals surface area contributed by atoms with Crippen molar-refractivity contribution in [3.63, 3.8) is 0 Å². The van der Waals surface area contributed by atoms with Gasteiger partial charge < -0.3 is 5.32 Å². The number of rotatable bonds is 12. The molecule has 1 aliphatic heterocycles. The van der Waals surface area contributed by atoms with Crippen LogP contribution in [0, 0.1) is 0 Å². The minimum absolute atomic E-state index is 0.0344. The molecule has 1 heterocycles. The first kappa shape index (κ1) is 18.3. The van der Waals surface area contributed by atoms with Gasteiger partial charge in [-0.25, -0.2) is 9.80 Å².